The number of para-hydroxylation sites is 2. The van der Waals surface area contributed by atoms with Crippen LogP contribution in [0, 0.1) is 12.8 Å². The zero-order valence-corrected chi connectivity index (χ0v) is 17.2. The smallest absolute Gasteiger partial charge is 0.272 e. The third kappa shape index (κ3) is 4.04. The molecule has 0 spiro atoms. The van der Waals surface area contributed by atoms with Crippen LogP contribution in [-0.4, -0.2) is 36.0 Å². The number of hydrogen-bond acceptors (Lipinski definition) is 4. The summed E-state index contributed by atoms with van der Waals surface area (Å²) in [6, 6.07) is 15.7. The lowest BCUT2D eigenvalue weighted by Gasteiger charge is -2.30. The summed E-state index contributed by atoms with van der Waals surface area (Å²) in [6.45, 7) is 5.89. The molecule has 2 heterocycles. The van der Waals surface area contributed by atoms with E-state index < -0.39 is 0 Å². The van der Waals surface area contributed by atoms with Gasteiger partial charge in [0.25, 0.3) is 5.91 Å². The van der Waals surface area contributed by atoms with E-state index in [0.29, 0.717) is 11.6 Å². The van der Waals surface area contributed by atoms with Crippen molar-refractivity contribution >= 4 is 28.2 Å². The Hall–Kier alpha value is -3.08. The van der Waals surface area contributed by atoms with E-state index in [1.165, 1.54) is 0 Å². The first kappa shape index (κ1) is 19.2. The second-order valence-corrected chi connectivity index (χ2v) is 7.88. The number of methoxy groups -OCH3 is 1. The number of anilines is 2. The molecule has 4 rings (SSSR count). The zero-order chi connectivity index (χ0) is 20.4. The maximum Gasteiger partial charge on any atom is 0.272 e. The summed E-state index contributed by atoms with van der Waals surface area (Å²) in [6.07, 6.45) is 2.09. The van der Waals surface area contributed by atoms with E-state index in [0.717, 1.165) is 59.5 Å². The molecule has 0 atom stereocenters. The van der Waals surface area contributed by atoms with Crippen LogP contribution in [-0.2, 0) is 0 Å². The molecule has 3 aromatic rings. The lowest BCUT2D eigenvalue weighted by Crippen LogP contribution is -2.38. The molecular formula is C24H27N3O2. The lowest BCUT2D eigenvalue weighted by atomic mass is 9.99. The summed E-state index contributed by atoms with van der Waals surface area (Å²) < 4.78 is 5.48. The third-order valence-electron chi connectivity index (χ3n) is 5.63. The predicted molar refractivity (Wildman–Crippen MR) is 117 cm³/mol. The van der Waals surface area contributed by atoms with Crippen LogP contribution in [0.1, 0.15) is 35.8 Å². The van der Waals surface area contributed by atoms with Crippen molar-refractivity contribution in [3.8, 4) is 5.75 Å². The van der Waals surface area contributed by atoms with Crippen LogP contribution in [0.2, 0.25) is 0 Å². The predicted octanol–water partition coefficient (Wildman–Crippen LogP) is 5.17. The van der Waals surface area contributed by atoms with Crippen LogP contribution < -0.4 is 10.1 Å². The number of carbonyl (C=O) groups excluding carboxylic acids is 1. The van der Waals surface area contributed by atoms with Crippen molar-refractivity contribution in [2.75, 3.05) is 25.5 Å². The van der Waals surface area contributed by atoms with Gasteiger partial charge in [0, 0.05) is 18.5 Å². The van der Waals surface area contributed by atoms with Crippen LogP contribution >= 0.6 is 0 Å². The van der Waals surface area contributed by atoms with Gasteiger partial charge in [-0.05, 0) is 56.0 Å². The van der Waals surface area contributed by atoms with Crippen molar-refractivity contribution in [3.63, 3.8) is 0 Å². The Morgan fingerprint density at radius 2 is 1.86 bits per heavy atom. The van der Waals surface area contributed by atoms with Gasteiger partial charge < -0.3 is 15.0 Å². The Bertz CT molecular complexity index is 1040. The maximum atomic E-state index is 13.2. The number of fused-ring (bicyclic) bond motifs is 1. The van der Waals surface area contributed by atoms with E-state index in [2.05, 4.69) is 25.2 Å². The molecule has 0 radical (unpaired) electrons. The summed E-state index contributed by atoms with van der Waals surface area (Å²) in [5, 5.41) is 4.45. The van der Waals surface area contributed by atoms with Gasteiger partial charge in [-0.1, -0.05) is 30.7 Å². The van der Waals surface area contributed by atoms with Gasteiger partial charge in [0.2, 0.25) is 0 Å². The number of piperidine rings is 1. The van der Waals surface area contributed by atoms with Crippen LogP contribution in [0.3, 0.4) is 0 Å². The SMILES string of the molecule is COc1ccccc1Nc1cc(C(=O)N2CCC(C)CC2)nc2ccc(C)cc12. The highest BCUT2D eigenvalue weighted by Gasteiger charge is 2.23. The van der Waals surface area contributed by atoms with Crippen molar-refractivity contribution < 1.29 is 9.53 Å². The number of aryl methyl sites for hydroxylation is 1. The molecule has 0 saturated carbocycles. The second-order valence-electron chi connectivity index (χ2n) is 7.88. The summed E-state index contributed by atoms with van der Waals surface area (Å²) in [4.78, 5) is 19.8. The fourth-order valence-electron chi connectivity index (χ4n) is 3.82. The number of aromatic nitrogens is 1. The Labute approximate surface area is 171 Å². The molecule has 0 bridgehead atoms. The Kier molecular flexibility index (Phi) is 5.38. The van der Waals surface area contributed by atoms with Gasteiger partial charge >= 0.3 is 0 Å². The molecular weight excluding hydrogens is 362 g/mol. The van der Waals surface area contributed by atoms with Gasteiger partial charge in [0.15, 0.2) is 0 Å². The number of likely N-dealkylation sites (tertiary alicyclic amines) is 1. The fourth-order valence-corrected chi connectivity index (χ4v) is 3.82. The number of nitrogens with zero attached hydrogens (tertiary/aromatic N) is 2. The van der Waals surface area contributed by atoms with Crippen LogP contribution in [0.4, 0.5) is 11.4 Å². The lowest BCUT2D eigenvalue weighted by molar-refractivity contribution is 0.0692. The minimum Gasteiger partial charge on any atom is -0.495 e. The number of nitrogens with one attached hydrogen (secondary N) is 1. The summed E-state index contributed by atoms with van der Waals surface area (Å²) in [5.74, 6) is 1.43. The highest BCUT2D eigenvalue weighted by Crippen LogP contribution is 2.32. The van der Waals surface area contributed by atoms with Crippen LogP contribution in [0.15, 0.2) is 48.5 Å². The average molecular weight is 389 g/mol. The van der Waals surface area contributed by atoms with Crippen molar-refractivity contribution in [2.45, 2.75) is 26.7 Å². The number of amides is 1. The molecule has 2 aromatic carbocycles. The number of rotatable bonds is 4. The fraction of sp³-hybridized carbons (Fsp3) is 0.333. The van der Waals surface area contributed by atoms with Gasteiger partial charge in [-0.2, -0.15) is 0 Å². The van der Waals surface area contributed by atoms with E-state index in [9.17, 15) is 4.79 Å². The number of carbonyl (C=O) groups is 1. The molecule has 150 valence electrons. The first-order valence-electron chi connectivity index (χ1n) is 10.2. The van der Waals surface area contributed by atoms with Crippen molar-refractivity contribution in [1.29, 1.82) is 0 Å². The first-order valence-corrected chi connectivity index (χ1v) is 10.2. The number of hydrogen-bond donors (Lipinski definition) is 1. The Morgan fingerprint density at radius 1 is 1.10 bits per heavy atom. The molecule has 1 aromatic heterocycles. The highest BCUT2D eigenvalue weighted by molar-refractivity contribution is 6.01. The number of benzene rings is 2. The second kappa shape index (κ2) is 8.11. The third-order valence-corrected chi connectivity index (χ3v) is 5.63. The van der Waals surface area contributed by atoms with E-state index in [1.54, 1.807) is 7.11 Å². The molecule has 29 heavy (non-hydrogen) atoms. The van der Waals surface area contributed by atoms with E-state index in [1.807, 2.05) is 47.4 Å². The largest absolute Gasteiger partial charge is 0.495 e. The molecule has 5 heteroatoms. The van der Waals surface area contributed by atoms with E-state index >= 15 is 0 Å². The molecule has 0 unspecified atom stereocenters. The number of ether oxygens (including phenoxy) is 1. The average Bonchev–Trinajstić information content (AvgIpc) is 2.74. The molecule has 0 aliphatic carbocycles. The Morgan fingerprint density at radius 3 is 2.62 bits per heavy atom. The molecule has 5 nitrogen and oxygen atoms in total. The summed E-state index contributed by atoms with van der Waals surface area (Å²) >= 11 is 0. The van der Waals surface area contributed by atoms with Gasteiger partial charge in [-0.25, -0.2) is 4.98 Å². The summed E-state index contributed by atoms with van der Waals surface area (Å²) in [7, 11) is 1.65. The molecule has 1 amide bonds. The van der Waals surface area contributed by atoms with E-state index in [4.69, 9.17) is 9.72 Å². The molecule has 1 fully saturated rings. The standard InChI is InChI=1S/C24H27N3O2/c1-16-10-12-27(13-11-16)24(28)22-15-21(18-14-17(2)8-9-19(18)25-22)26-20-6-4-5-7-23(20)29-3/h4-9,14-16H,10-13H2,1-3H3,(H,25,26). The summed E-state index contributed by atoms with van der Waals surface area (Å²) in [5.41, 5.74) is 4.15. The molecule has 1 saturated heterocycles. The first-order chi connectivity index (χ1) is 14.0. The van der Waals surface area contributed by atoms with Gasteiger partial charge in [0.05, 0.1) is 24.0 Å². The van der Waals surface area contributed by atoms with Crippen LogP contribution in [0.25, 0.3) is 10.9 Å². The normalized spacial score (nSPS) is 14.8. The van der Waals surface area contributed by atoms with Crippen molar-refractivity contribution in [1.82, 2.24) is 9.88 Å². The minimum absolute atomic E-state index is 0.00227. The van der Waals surface area contributed by atoms with Crippen LogP contribution in [0.5, 0.6) is 5.75 Å². The Balaban J connectivity index is 1.75. The van der Waals surface area contributed by atoms with Gasteiger partial charge in [-0.15, -0.1) is 0 Å². The van der Waals surface area contributed by atoms with Gasteiger partial charge in [-0.3, -0.25) is 4.79 Å². The highest BCUT2D eigenvalue weighted by atomic mass is 16.5. The zero-order valence-electron chi connectivity index (χ0n) is 17.2. The molecule has 1 N–H and O–H groups in total. The van der Waals surface area contributed by atoms with E-state index in [-0.39, 0.29) is 5.91 Å². The number of pyridine rings is 1. The molecule has 1 aliphatic heterocycles. The minimum atomic E-state index is 0.00227. The maximum absolute atomic E-state index is 13.2. The van der Waals surface area contributed by atoms with Crippen molar-refractivity contribution in [3.05, 3.63) is 59.8 Å². The molecule has 1 aliphatic rings. The monoisotopic (exact) mass is 389 g/mol. The quantitative estimate of drug-likeness (QED) is 0.669. The van der Waals surface area contributed by atoms with Crippen molar-refractivity contribution in [2.24, 2.45) is 5.92 Å². The topological polar surface area (TPSA) is 54.5 Å². The van der Waals surface area contributed by atoms with Gasteiger partial charge in [0.1, 0.15) is 11.4 Å².